The molecule has 1 rings (SSSR count). The fourth-order valence-electron chi connectivity index (χ4n) is 2.13. The Hall–Kier alpha value is -0.0800. The molecule has 0 aliphatic carbocycles. The summed E-state index contributed by atoms with van der Waals surface area (Å²) in [6, 6.07) is 0. The Balaban J connectivity index is 2.34. The lowest BCUT2D eigenvalue weighted by Gasteiger charge is -2.38. The number of rotatable bonds is 3. The van der Waals surface area contributed by atoms with Crippen molar-refractivity contribution in [3.05, 3.63) is 0 Å². The van der Waals surface area contributed by atoms with Gasteiger partial charge in [0.05, 0.1) is 6.10 Å². The Morgan fingerprint density at radius 3 is 2.69 bits per heavy atom. The standard InChI is InChI=1S/C11H23NO/c1-4-10(13)8-12-7-5-6-11(2,3)9-12/h10,13H,4-9H2,1-3H3. The molecule has 1 aliphatic heterocycles. The fraction of sp³-hybridized carbons (Fsp3) is 1.00. The quantitative estimate of drug-likeness (QED) is 0.725. The number of β-amino-alcohol motifs (C(OH)–C–C–N with tert-alkyl or cyclic N) is 1. The van der Waals surface area contributed by atoms with E-state index < -0.39 is 0 Å². The van der Waals surface area contributed by atoms with Crippen LogP contribution in [0.25, 0.3) is 0 Å². The van der Waals surface area contributed by atoms with Crippen molar-refractivity contribution < 1.29 is 5.11 Å². The molecule has 0 radical (unpaired) electrons. The van der Waals surface area contributed by atoms with Gasteiger partial charge in [-0.05, 0) is 31.2 Å². The molecule has 0 spiro atoms. The Bertz CT molecular complexity index is 156. The molecule has 0 bridgehead atoms. The first kappa shape index (κ1) is 11.0. The number of aliphatic hydroxyl groups is 1. The summed E-state index contributed by atoms with van der Waals surface area (Å²) in [5.41, 5.74) is 0.450. The third kappa shape index (κ3) is 3.65. The minimum Gasteiger partial charge on any atom is -0.392 e. The number of likely N-dealkylation sites (tertiary alicyclic amines) is 1. The highest BCUT2D eigenvalue weighted by Crippen LogP contribution is 2.28. The maximum Gasteiger partial charge on any atom is 0.0664 e. The van der Waals surface area contributed by atoms with Crippen LogP contribution < -0.4 is 0 Å². The topological polar surface area (TPSA) is 23.5 Å². The number of hydrogen-bond acceptors (Lipinski definition) is 2. The minimum absolute atomic E-state index is 0.131. The van der Waals surface area contributed by atoms with E-state index in [9.17, 15) is 5.11 Å². The average molecular weight is 185 g/mol. The monoisotopic (exact) mass is 185 g/mol. The van der Waals surface area contributed by atoms with Crippen molar-refractivity contribution >= 4 is 0 Å². The van der Waals surface area contributed by atoms with Gasteiger partial charge in [-0.15, -0.1) is 0 Å². The molecule has 1 N–H and O–H groups in total. The molecule has 0 aromatic rings. The second kappa shape index (κ2) is 4.43. The van der Waals surface area contributed by atoms with Gasteiger partial charge < -0.3 is 10.0 Å². The maximum absolute atomic E-state index is 9.54. The van der Waals surface area contributed by atoms with Crippen molar-refractivity contribution in [1.82, 2.24) is 4.90 Å². The molecular weight excluding hydrogens is 162 g/mol. The first-order valence-electron chi connectivity index (χ1n) is 5.44. The zero-order valence-electron chi connectivity index (χ0n) is 9.21. The SMILES string of the molecule is CCC(O)CN1CCCC(C)(C)C1. The van der Waals surface area contributed by atoms with E-state index in [1.807, 2.05) is 6.92 Å². The van der Waals surface area contributed by atoms with E-state index in [0.29, 0.717) is 5.41 Å². The van der Waals surface area contributed by atoms with E-state index in [1.165, 1.54) is 19.4 Å². The van der Waals surface area contributed by atoms with Crippen LogP contribution in [-0.4, -0.2) is 35.7 Å². The summed E-state index contributed by atoms with van der Waals surface area (Å²) in [5.74, 6) is 0. The summed E-state index contributed by atoms with van der Waals surface area (Å²) in [4.78, 5) is 2.40. The van der Waals surface area contributed by atoms with Crippen LogP contribution in [0.15, 0.2) is 0 Å². The van der Waals surface area contributed by atoms with Crippen LogP contribution in [0.1, 0.15) is 40.0 Å². The first-order chi connectivity index (χ1) is 6.03. The van der Waals surface area contributed by atoms with Crippen molar-refractivity contribution in [1.29, 1.82) is 0 Å². The van der Waals surface area contributed by atoms with Crippen molar-refractivity contribution in [2.24, 2.45) is 5.41 Å². The molecule has 1 aliphatic rings. The molecule has 0 saturated carbocycles. The summed E-state index contributed by atoms with van der Waals surface area (Å²) in [6.07, 6.45) is 3.35. The van der Waals surface area contributed by atoms with Crippen LogP contribution in [0, 0.1) is 5.41 Å². The second-order valence-corrected chi connectivity index (χ2v) is 5.06. The Morgan fingerprint density at radius 1 is 1.46 bits per heavy atom. The zero-order chi connectivity index (χ0) is 9.90. The molecule has 13 heavy (non-hydrogen) atoms. The molecule has 1 heterocycles. The van der Waals surface area contributed by atoms with Crippen molar-refractivity contribution in [3.8, 4) is 0 Å². The van der Waals surface area contributed by atoms with E-state index in [2.05, 4.69) is 18.7 Å². The Kier molecular flexibility index (Phi) is 3.74. The fourth-order valence-corrected chi connectivity index (χ4v) is 2.13. The zero-order valence-corrected chi connectivity index (χ0v) is 9.21. The predicted octanol–water partition coefficient (Wildman–Crippen LogP) is 1.88. The van der Waals surface area contributed by atoms with Crippen LogP contribution >= 0.6 is 0 Å². The van der Waals surface area contributed by atoms with E-state index in [4.69, 9.17) is 0 Å². The molecule has 1 fully saturated rings. The average Bonchev–Trinajstić information content (AvgIpc) is 2.02. The van der Waals surface area contributed by atoms with Crippen molar-refractivity contribution in [2.45, 2.75) is 46.1 Å². The van der Waals surface area contributed by atoms with Crippen molar-refractivity contribution in [2.75, 3.05) is 19.6 Å². The summed E-state index contributed by atoms with van der Waals surface area (Å²) in [6.45, 7) is 9.85. The third-order valence-corrected chi connectivity index (χ3v) is 2.92. The first-order valence-corrected chi connectivity index (χ1v) is 5.44. The van der Waals surface area contributed by atoms with Crippen LogP contribution in [0.5, 0.6) is 0 Å². The normalized spacial score (nSPS) is 25.8. The van der Waals surface area contributed by atoms with E-state index in [-0.39, 0.29) is 6.10 Å². The predicted molar refractivity (Wildman–Crippen MR) is 55.8 cm³/mol. The molecule has 2 heteroatoms. The van der Waals surface area contributed by atoms with Gasteiger partial charge in [0.2, 0.25) is 0 Å². The Labute approximate surface area is 81.9 Å². The Morgan fingerprint density at radius 2 is 2.15 bits per heavy atom. The number of piperidine rings is 1. The lowest BCUT2D eigenvalue weighted by atomic mass is 9.84. The van der Waals surface area contributed by atoms with Crippen LogP contribution in [0.2, 0.25) is 0 Å². The lowest BCUT2D eigenvalue weighted by molar-refractivity contribution is 0.0586. The van der Waals surface area contributed by atoms with Gasteiger partial charge in [-0.2, -0.15) is 0 Å². The van der Waals surface area contributed by atoms with Gasteiger partial charge >= 0.3 is 0 Å². The lowest BCUT2D eigenvalue weighted by Crippen LogP contribution is -2.43. The van der Waals surface area contributed by atoms with Gasteiger partial charge in [0.15, 0.2) is 0 Å². The number of hydrogen-bond donors (Lipinski definition) is 1. The van der Waals surface area contributed by atoms with Gasteiger partial charge in [0.1, 0.15) is 0 Å². The van der Waals surface area contributed by atoms with E-state index in [1.54, 1.807) is 0 Å². The largest absolute Gasteiger partial charge is 0.392 e. The molecule has 0 aromatic carbocycles. The highest BCUT2D eigenvalue weighted by atomic mass is 16.3. The van der Waals surface area contributed by atoms with Crippen LogP contribution in [0.4, 0.5) is 0 Å². The molecule has 1 unspecified atom stereocenters. The van der Waals surface area contributed by atoms with Gasteiger partial charge in [0.25, 0.3) is 0 Å². The van der Waals surface area contributed by atoms with Gasteiger partial charge in [-0.3, -0.25) is 0 Å². The molecule has 1 atom stereocenters. The molecule has 1 saturated heterocycles. The van der Waals surface area contributed by atoms with Gasteiger partial charge in [0, 0.05) is 13.1 Å². The van der Waals surface area contributed by atoms with Crippen molar-refractivity contribution in [3.63, 3.8) is 0 Å². The van der Waals surface area contributed by atoms with Crippen LogP contribution in [-0.2, 0) is 0 Å². The summed E-state index contributed by atoms with van der Waals surface area (Å²) >= 11 is 0. The minimum atomic E-state index is -0.131. The second-order valence-electron chi connectivity index (χ2n) is 5.06. The molecule has 0 aromatic heterocycles. The molecular formula is C11H23NO. The van der Waals surface area contributed by atoms with Gasteiger partial charge in [-0.1, -0.05) is 20.8 Å². The third-order valence-electron chi connectivity index (χ3n) is 2.92. The summed E-state index contributed by atoms with van der Waals surface area (Å²) in [7, 11) is 0. The van der Waals surface area contributed by atoms with E-state index in [0.717, 1.165) is 19.5 Å². The summed E-state index contributed by atoms with van der Waals surface area (Å²) in [5, 5.41) is 9.54. The molecule has 78 valence electrons. The van der Waals surface area contributed by atoms with Gasteiger partial charge in [-0.25, -0.2) is 0 Å². The molecule has 2 nitrogen and oxygen atoms in total. The number of aliphatic hydroxyl groups excluding tert-OH is 1. The van der Waals surface area contributed by atoms with E-state index >= 15 is 0 Å². The summed E-state index contributed by atoms with van der Waals surface area (Å²) < 4.78 is 0. The highest BCUT2D eigenvalue weighted by molar-refractivity contribution is 4.80. The number of nitrogens with zero attached hydrogens (tertiary/aromatic N) is 1. The molecule has 0 amide bonds. The highest BCUT2D eigenvalue weighted by Gasteiger charge is 2.26. The smallest absolute Gasteiger partial charge is 0.0664 e. The van der Waals surface area contributed by atoms with Crippen LogP contribution in [0.3, 0.4) is 0 Å². The maximum atomic E-state index is 9.54.